The second kappa shape index (κ2) is 33.0. The molecule has 5 saturated heterocycles. The minimum absolute atomic E-state index is 0.131. The molecule has 2 aromatic carbocycles. The van der Waals surface area contributed by atoms with Crippen LogP contribution in [0.5, 0.6) is 5.75 Å². The van der Waals surface area contributed by atoms with Gasteiger partial charge in [0.25, 0.3) is 0 Å². The Bertz CT molecular complexity index is 2930. The van der Waals surface area contributed by atoms with Gasteiger partial charge >= 0.3 is 5.97 Å². The molecule has 523 valence electrons. The van der Waals surface area contributed by atoms with Gasteiger partial charge in [-0.15, -0.1) is 0 Å². The van der Waals surface area contributed by atoms with Gasteiger partial charge in [-0.05, 0) is 29.2 Å². The normalized spacial score (nSPS) is 32.0. The van der Waals surface area contributed by atoms with Crippen LogP contribution in [-0.4, -0.2) is 305 Å². The molecule has 7 rings (SSSR count). The Morgan fingerprint density at radius 2 is 1.31 bits per heavy atom. The van der Waals surface area contributed by atoms with E-state index in [4.69, 9.17) is 50.7 Å². The van der Waals surface area contributed by atoms with E-state index in [9.17, 15) is 95.2 Å². The van der Waals surface area contributed by atoms with E-state index in [1.807, 2.05) is 0 Å². The second-order valence-electron chi connectivity index (χ2n) is 23.8. The highest BCUT2D eigenvalue weighted by Gasteiger charge is 2.55. The highest BCUT2D eigenvalue weighted by Crippen LogP contribution is 2.34. The fourth-order valence-electron chi connectivity index (χ4n) is 11.3. The van der Waals surface area contributed by atoms with Crippen molar-refractivity contribution in [2.24, 2.45) is 11.7 Å². The van der Waals surface area contributed by atoms with Crippen LogP contribution in [0.1, 0.15) is 44.2 Å². The summed E-state index contributed by atoms with van der Waals surface area (Å²) in [5, 5.41) is 175. The molecular weight excluding hydrogens is 1250 g/mol. The van der Waals surface area contributed by atoms with Gasteiger partial charge < -0.3 is 148 Å². The molecule has 5 fully saturated rings. The fourth-order valence-corrected chi connectivity index (χ4v) is 11.3. The van der Waals surface area contributed by atoms with E-state index in [-0.39, 0.29) is 41.8 Å². The number of hydrogen-bond donors (Lipinski definition) is 24. The molecule has 5 heterocycles. The van der Waals surface area contributed by atoms with E-state index in [0.717, 1.165) is 4.90 Å². The van der Waals surface area contributed by atoms with Crippen LogP contribution in [0.25, 0.3) is 0 Å². The van der Waals surface area contributed by atoms with Gasteiger partial charge in [-0.2, -0.15) is 0 Å². The van der Waals surface area contributed by atoms with Crippen LogP contribution in [0.2, 0.25) is 0 Å². The van der Waals surface area contributed by atoms with E-state index in [1.54, 1.807) is 51.1 Å². The monoisotopic (exact) mass is 1340 g/mol. The summed E-state index contributed by atoms with van der Waals surface area (Å²) in [6, 6.07) is -0.0492. The minimum Gasteiger partial charge on any atom is -0.460 e. The maximum Gasteiger partial charge on any atom is 0.306 e. The summed E-state index contributed by atoms with van der Waals surface area (Å²) in [6.45, 7) is 0.595. The molecule has 0 bridgehead atoms. The van der Waals surface area contributed by atoms with Crippen molar-refractivity contribution in [3.63, 3.8) is 0 Å². The van der Waals surface area contributed by atoms with Gasteiger partial charge in [0.2, 0.25) is 36.2 Å². The Hall–Kier alpha value is -7.12. The summed E-state index contributed by atoms with van der Waals surface area (Å²) in [5.41, 5.74) is 13.5. The van der Waals surface area contributed by atoms with Crippen molar-refractivity contribution >= 4 is 53.5 Å². The number of aliphatic hydroxyl groups is 13. The highest BCUT2D eigenvalue weighted by molar-refractivity contribution is 5.96. The van der Waals surface area contributed by atoms with Gasteiger partial charge in [0.15, 0.2) is 30.5 Å². The molecular formula is C57H85N12O25. The smallest absolute Gasteiger partial charge is 0.306 e. The lowest BCUT2D eigenvalue weighted by Gasteiger charge is -2.46. The molecule has 2 aromatic rings. The van der Waals surface area contributed by atoms with Crippen molar-refractivity contribution in [2.75, 3.05) is 45.3 Å². The van der Waals surface area contributed by atoms with E-state index in [1.165, 1.54) is 24.5 Å². The van der Waals surface area contributed by atoms with Crippen LogP contribution in [0.15, 0.2) is 48.5 Å². The highest BCUT2D eigenvalue weighted by atomic mass is 16.7. The van der Waals surface area contributed by atoms with E-state index >= 15 is 0 Å². The van der Waals surface area contributed by atoms with Crippen LogP contribution in [0.3, 0.4) is 0 Å². The van der Waals surface area contributed by atoms with Crippen LogP contribution >= 0.6 is 0 Å². The maximum atomic E-state index is 15.0. The van der Waals surface area contributed by atoms with Gasteiger partial charge in [-0.1, -0.05) is 57.2 Å². The first-order chi connectivity index (χ1) is 44.6. The topological polar surface area (TPSA) is 608 Å². The van der Waals surface area contributed by atoms with Gasteiger partial charge in [0.05, 0.1) is 50.2 Å². The Morgan fingerprint density at radius 3 is 1.91 bits per heavy atom. The van der Waals surface area contributed by atoms with Crippen molar-refractivity contribution in [2.45, 2.75) is 186 Å². The third-order valence-corrected chi connectivity index (χ3v) is 16.7. The molecule has 25 atom stereocenters. The number of nitrogen functional groups attached to an aromatic ring is 1. The molecule has 4 amide bonds. The third kappa shape index (κ3) is 17.3. The van der Waals surface area contributed by atoms with Gasteiger partial charge in [0.1, 0.15) is 109 Å². The summed E-state index contributed by atoms with van der Waals surface area (Å²) in [7, 11) is 0. The third-order valence-electron chi connectivity index (χ3n) is 16.7. The molecule has 37 heteroatoms. The van der Waals surface area contributed by atoms with Crippen molar-refractivity contribution in [3.8, 4) is 5.75 Å². The number of nitrogens with zero attached hydrogens (tertiary/aromatic N) is 1. The summed E-state index contributed by atoms with van der Waals surface area (Å²) >= 11 is 0. The largest absolute Gasteiger partial charge is 0.460 e. The number of guanidine groups is 2. The number of nitrogens with one attached hydrogen (secondary N) is 9. The number of ether oxygens (including phenoxy) is 6. The number of amides is 4. The summed E-state index contributed by atoms with van der Waals surface area (Å²) in [5.74, 6) is -7.94. The van der Waals surface area contributed by atoms with Gasteiger partial charge in [0, 0.05) is 31.8 Å². The standard InChI is InChI=1S/C57H85N12O25/c1-21(2)11-34(75)93-48-43(81)41(79)32(19-73)91-55(48)94-47-33(20-74)92-54(46(84)44(47)82)90-30-10-9-23(12-26(30)58)13-27(65-50(86)35(59)22(3)24-7-5-4-6-8-24)49(85)67-36(38(76)28-14-62-56(60)66-28)52(88)68-37(51(87)64-25(16-70)17-71)39(77)29-15-63-57(61)69(29)53-45(83)42(80)40(78)31(18-72)89-53/h4-10,12,21-22,25,27-29,31-33,35-48,53-55,70,72-74,76-84H,11,13-16,18-20,58-59H2,1-3H3,(H2,61,63)(H,64,87)(H,65,86)(H,67,85)(H,68,88)(H3,60,62,66). The minimum atomic E-state index is -2.31. The number of nitrogens with two attached hydrogens (primary N) is 2. The molecule has 94 heavy (non-hydrogen) atoms. The molecule has 25 unspecified atom stereocenters. The molecule has 26 N–H and O–H groups in total. The quantitative estimate of drug-likeness (QED) is 0.0266. The molecule has 37 nitrogen and oxygen atoms in total. The Kier molecular flexibility index (Phi) is 26.1. The molecule has 5 aliphatic heterocycles. The van der Waals surface area contributed by atoms with Crippen LogP contribution in [0, 0.1) is 16.7 Å². The van der Waals surface area contributed by atoms with Gasteiger partial charge in [-0.25, -0.2) is 0 Å². The summed E-state index contributed by atoms with van der Waals surface area (Å²) in [6.07, 6.45) is -30.8. The molecule has 5 aliphatic rings. The summed E-state index contributed by atoms with van der Waals surface area (Å²) < 4.78 is 34.3. The zero-order chi connectivity index (χ0) is 69.2. The number of aliphatic hydroxyl groups excluding tert-OH is 13. The predicted molar refractivity (Wildman–Crippen MR) is 318 cm³/mol. The van der Waals surface area contributed by atoms with Crippen molar-refractivity contribution in [1.82, 2.24) is 42.1 Å². The number of anilines is 1. The zero-order valence-corrected chi connectivity index (χ0v) is 51.1. The first kappa shape index (κ1) is 74.3. The number of carbonyl (C=O) groups is 5. The average Bonchev–Trinajstić information content (AvgIpc) is 1.39. The molecule has 1 radical (unpaired) electrons. The van der Waals surface area contributed by atoms with Crippen LogP contribution < -0.4 is 53.4 Å². The lowest BCUT2D eigenvalue weighted by Crippen LogP contribution is -2.69. The van der Waals surface area contributed by atoms with Gasteiger partial charge in [-0.3, -0.25) is 39.6 Å². The first-order valence-corrected chi connectivity index (χ1v) is 30.1. The number of benzene rings is 2. The zero-order valence-electron chi connectivity index (χ0n) is 51.1. The SMILES string of the molecule is CC(C)CC(=O)OC1C(OC2C(CO)OC(Oc3ccc(CC(NC(=O)C(N)C(C)c4ccccc4)C(=O)NC(C(=O)NC(C(=O)NC([C]=O)CO)C(O)C4CNC(=N)N4C4OC(CO)C(O)C(O)C4O)C(O)C4CNC(=N)N4)cc3N)C(O)C2O)OC(CO)C(O)C1O. The Labute approximate surface area is 537 Å². The molecule has 0 saturated carbocycles. The predicted octanol–water partition coefficient (Wildman–Crippen LogP) is -11.2. The molecule has 0 aromatic heterocycles. The maximum absolute atomic E-state index is 15.0. The van der Waals surface area contributed by atoms with Crippen molar-refractivity contribution in [1.29, 1.82) is 10.8 Å². The summed E-state index contributed by atoms with van der Waals surface area (Å²) in [4.78, 5) is 83.7. The lowest BCUT2D eigenvalue weighted by atomic mass is 9.93. The first-order valence-electron chi connectivity index (χ1n) is 30.1. The average molecular weight is 1340 g/mol. The van der Waals surface area contributed by atoms with Crippen molar-refractivity contribution < 1.29 is 124 Å². The number of hydrogen-bond acceptors (Lipinski definition) is 29. The fraction of sp³-hybridized carbons (Fsp3) is 0.649. The van der Waals surface area contributed by atoms with E-state index in [0.29, 0.717) is 5.56 Å². The van der Waals surface area contributed by atoms with E-state index in [2.05, 4.69) is 37.2 Å². The number of carbonyl (C=O) groups excluding carboxylic acids is 6. The van der Waals surface area contributed by atoms with Crippen LogP contribution in [-0.2, 0) is 58.9 Å². The second-order valence-corrected chi connectivity index (χ2v) is 23.8. The number of esters is 1. The van der Waals surface area contributed by atoms with E-state index < -0.39 is 227 Å². The Morgan fingerprint density at radius 1 is 0.702 bits per heavy atom. The lowest BCUT2D eigenvalue weighted by molar-refractivity contribution is -0.353. The Balaban J connectivity index is 1.16. The number of rotatable bonds is 29. The molecule has 0 aliphatic carbocycles. The van der Waals surface area contributed by atoms with Crippen molar-refractivity contribution in [3.05, 3.63) is 59.7 Å². The van der Waals surface area contributed by atoms with Crippen LogP contribution in [0.4, 0.5) is 5.69 Å². The molecule has 0 spiro atoms.